The van der Waals surface area contributed by atoms with Gasteiger partial charge in [0.15, 0.2) is 0 Å². The Morgan fingerprint density at radius 3 is 2.57 bits per heavy atom. The smallest absolute Gasteiger partial charge is 0.138 e. The summed E-state index contributed by atoms with van der Waals surface area (Å²) in [5.41, 5.74) is 7.24. The molecule has 4 heteroatoms. The summed E-state index contributed by atoms with van der Waals surface area (Å²) in [4.78, 5) is 10.5. The Bertz CT molecular complexity index is 325. The number of hydrogen-bond acceptors (Lipinski definition) is 3. The topological polar surface area (TPSA) is 41.1 Å². The van der Waals surface area contributed by atoms with E-state index in [4.69, 9.17) is 0 Å². The maximum atomic E-state index is 10.5. The van der Waals surface area contributed by atoms with Gasteiger partial charge in [0.2, 0.25) is 0 Å². The Morgan fingerprint density at radius 1 is 1.29 bits per heavy atom. The standard InChI is InChI=1S/C10H11BrN2O/c11-8-3-1-7(2-4-8)10-5-9(6-14)12-13-10/h1-4,6,9-10,12-13H,5H2. The van der Waals surface area contributed by atoms with Crippen LogP contribution in [0.1, 0.15) is 18.0 Å². The summed E-state index contributed by atoms with van der Waals surface area (Å²) in [6, 6.07) is 8.28. The van der Waals surface area contributed by atoms with E-state index in [0.717, 1.165) is 17.2 Å². The zero-order chi connectivity index (χ0) is 9.97. The molecule has 0 aromatic heterocycles. The predicted molar refractivity (Wildman–Crippen MR) is 57.6 cm³/mol. The van der Waals surface area contributed by atoms with Gasteiger partial charge in [0.25, 0.3) is 0 Å². The fourth-order valence-electron chi connectivity index (χ4n) is 1.58. The third kappa shape index (κ3) is 2.03. The second-order valence-corrected chi connectivity index (χ2v) is 4.29. The molecule has 1 heterocycles. The van der Waals surface area contributed by atoms with Crippen LogP contribution in [0.15, 0.2) is 28.7 Å². The molecule has 1 aliphatic heterocycles. The second kappa shape index (κ2) is 4.21. The fourth-order valence-corrected chi connectivity index (χ4v) is 1.85. The summed E-state index contributed by atoms with van der Waals surface area (Å²) >= 11 is 3.39. The number of hydrazine groups is 1. The van der Waals surface area contributed by atoms with Crippen LogP contribution in [0.2, 0.25) is 0 Å². The monoisotopic (exact) mass is 254 g/mol. The number of hydrogen-bond donors (Lipinski definition) is 2. The van der Waals surface area contributed by atoms with Gasteiger partial charge in [-0.2, -0.15) is 0 Å². The van der Waals surface area contributed by atoms with Crippen molar-refractivity contribution in [3.8, 4) is 0 Å². The van der Waals surface area contributed by atoms with Crippen molar-refractivity contribution in [2.45, 2.75) is 18.5 Å². The number of rotatable bonds is 2. The van der Waals surface area contributed by atoms with Gasteiger partial charge in [-0.15, -0.1) is 0 Å². The highest BCUT2D eigenvalue weighted by Gasteiger charge is 2.23. The summed E-state index contributed by atoms with van der Waals surface area (Å²) in [5, 5.41) is 0. The largest absolute Gasteiger partial charge is 0.302 e. The van der Waals surface area contributed by atoms with E-state index in [1.54, 1.807) is 0 Å². The molecule has 2 rings (SSSR count). The number of aldehydes is 1. The van der Waals surface area contributed by atoms with Gasteiger partial charge in [-0.25, -0.2) is 10.9 Å². The minimum atomic E-state index is -0.0661. The number of benzene rings is 1. The second-order valence-electron chi connectivity index (χ2n) is 3.37. The molecule has 2 N–H and O–H groups in total. The van der Waals surface area contributed by atoms with Crippen LogP contribution in [0.25, 0.3) is 0 Å². The molecule has 0 radical (unpaired) electrons. The molecule has 1 aromatic carbocycles. The van der Waals surface area contributed by atoms with Crippen LogP contribution in [-0.2, 0) is 4.79 Å². The molecule has 2 atom stereocenters. The highest BCUT2D eigenvalue weighted by atomic mass is 79.9. The number of nitrogens with one attached hydrogen (secondary N) is 2. The van der Waals surface area contributed by atoms with Gasteiger partial charge < -0.3 is 4.79 Å². The van der Waals surface area contributed by atoms with Gasteiger partial charge in [-0.05, 0) is 24.1 Å². The van der Waals surface area contributed by atoms with E-state index in [1.165, 1.54) is 5.56 Å². The van der Waals surface area contributed by atoms with Gasteiger partial charge >= 0.3 is 0 Å². The predicted octanol–water partition coefficient (Wildman–Crippen LogP) is 1.56. The Labute approximate surface area is 91.0 Å². The Balaban J connectivity index is 2.09. The molecule has 0 amide bonds. The molecule has 1 aromatic rings. The first-order chi connectivity index (χ1) is 6.79. The summed E-state index contributed by atoms with van der Waals surface area (Å²) in [5.74, 6) is 0. The van der Waals surface area contributed by atoms with E-state index >= 15 is 0 Å². The molecule has 0 saturated carbocycles. The third-order valence-electron chi connectivity index (χ3n) is 2.37. The lowest BCUT2D eigenvalue weighted by Gasteiger charge is -2.08. The van der Waals surface area contributed by atoms with Crippen LogP contribution in [0.5, 0.6) is 0 Å². The summed E-state index contributed by atoms with van der Waals surface area (Å²) in [6.45, 7) is 0. The quantitative estimate of drug-likeness (QED) is 0.788. The van der Waals surface area contributed by atoms with Gasteiger partial charge in [0, 0.05) is 10.5 Å². The molecule has 2 unspecified atom stereocenters. The molecular formula is C10H11BrN2O. The molecular weight excluding hydrogens is 244 g/mol. The van der Waals surface area contributed by atoms with Crippen molar-refractivity contribution in [3.05, 3.63) is 34.3 Å². The van der Waals surface area contributed by atoms with Gasteiger partial charge in [-0.1, -0.05) is 28.1 Å². The van der Waals surface area contributed by atoms with Gasteiger partial charge in [0.1, 0.15) is 6.29 Å². The van der Waals surface area contributed by atoms with Crippen molar-refractivity contribution in [2.24, 2.45) is 0 Å². The van der Waals surface area contributed by atoms with Crippen LogP contribution < -0.4 is 10.9 Å². The highest BCUT2D eigenvalue weighted by molar-refractivity contribution is 9.10. The Morgan fingerprint density at radius 2 is 2.00 bits per heavy atom. The molecule has 1 fully saturated rings. The summed E-state index contributed by atoms with van der Waals surface area (Å²) in [6.07, 6.45) is 1.75. The lowest BCUT2D eigenvalue weighted by Crippen LogP contribution is -2.31. The molecule has 0 bridgehead atoms. The van der Waals surface area contributed by atoms with Crippen LogP contribution in [0, 0.1) is 0 Å². The van der Waals surface area contributed by atoms with Crippen LogP contribution in [0.3, 0.4) is 0 Å². The van der Waals surface area contributed by atoms with E-state index in [2.05, 4.69) is 38.9 Å². The first-order valence-corrected chi connectivity index (χ1v) is 5.30. The lowest BCUT2D eigenvalue weighted by atomic mass is 10.0. The minimum Gasteiger partial charge on any atom is -0.302 e. The van der Waals surface area contributed by atoms with Crippen LogP contribution >= 0.6 is 15.9 Å². The molecule has 1 saturated heterocycles. The van der Waals surface area contributed by atoms with Crippen molar-refractivity contribution in [1.82, 2.24) is 10.9 Å². The Kier molecular flexibility index (Phi) is 2.96. The van der Waals surface area contributed by atoms with Gasteiger partial charge in [-0.3, -0.25) is 0 Å². The maximum Gasteiger partial charge on any atom is 0.138 e. The van der Waals surface area contributed by atoms with Crippen molar-refractivity contribution < 1.29 is 4.79 Å². The van der Waals surface area contributed by atoms with Gasteiger partial charge in [0.05, 0.1) is 6.04 Å². The van der Waals surface area contributed by atoms with Crippen molar-refractivity contribution in [1.29, 1.82) is 0 Å². The molecule has 1 aliphatic rings. The number of carbonyl (C=O) groups is 1. The molecule has 74 valence electrons. The van der Waals surface area contributed by atoms with Crippen LogP contribution in [0.4, 0.5) is 0 Å². The van der Waals surface area contributed by atoms with Crippen LogP contribution in [-0.4, -0.2) is 12.3 Å². The minimum absolute atomic E-state index is 0.0661. The highest BCUT2D eigenvalue weighted by Crippen LogP contribution is 2.22. The third-order valence-corrected chi connectivity index (χ3v) is 2.90. The van der Waals surface area contributed by atoms with E-state index in [-0.39, 0.29) is 12.1 Å². The van der Waals surface area contributed by atoms with Crippen molar-refractivity contribution in [2.75, 3.05) is 0 Å². The van der Waals surface area contributed by atoms with E-state index in [9.17, 15) is 4.79 Å². The molecule has 14 heavy (non-hydrogen) atoms. The van der Waals surface area contributed by atoms with Crippen molar-refractivity contribution in [3.63, 3.8) is 0 Å². The molecule has 0 aliphatic carbocycles. The zero-order valence-electron chi connectivity index (χ0n) is 7.53. The van der Waals surface area contributed by atoms with E-state index in [1.807, 2.05) is 12.1 Å². The summed E-state index contributed by atoms with van der Waals surface area (Å²) in [7, 11) is 0. The Hall–Kier alpha value is -0.710. The first-order valence-electron chi connectivity index (χ1n) is 4.51. The lowest BCUT2D eigenvalue weighted by molar-refractivity contribution is -0.109. The SMILES string of the molecule is O=CC1CC(c2ccc(Br)cc2)NN1. The molecule has 3 nitrogen and oxygen atoms in total. The van der Waals surface area contributed by atoms with E-state index in [0.29, 0.717) is 0 Å². The number of halogens is 1. The molecule has 0 spiro atoms. The maximum absolute atomic E-state index is 10.5. The average molecular weight is 255 g/mol. The fraction of sp³-hybridized carbons (Fsp3) is 0.300. The average Bonchev–Trinajstić information content (AvgIpc) is 2.67. The summed E-state index contributed by atoms with van der Waals surface area (Å²) < 4.78 is 1.07. The normalized spacial score (nSPS) is 26.4. The zero-order valence-corrected chi connectivity index (χ0v) is 9.12. The van der Waals surface area contributed by atoms with E-state index < -0.39 is 0 Å². The first kappa shape index (κ1) is 9.83. The number of carbonyl (C=O) groups excluding carboxylic acids is 1. The van der Waals surface area contributed by atoms with Crippen molar-refractivity contribution >= 4 is 22.2 Å².